The van der Waals surface area contributed by atoms with Crippen LogP contribution in [0.15, 0.2) is 60.7 Å². The molecule has 2 N–H and O–H groups in total. The van der Waals surface area contributed by atoms with Gasteiger partial charge in [-0.15, -0.1) is 0 Å². The number of alkyl carbamates (subject to hydrolysis) is 1. The highest BCUT2D eigenvalue weighted by atomic mass is 32.1. The molecule has 31 heavy (non-hydrogen) atoms. The molecule has 1 aliphatic heterocycles. The van der Waals surface area contributed by atoms with Crippen LogP contribution in [0.2, 0.25) is 0 Å². The molecular formula is C24H30N2O4S. The summed E-state index contributed by atoms with van der Waals surface area (Å²) in [4.78, 5) is 13.0. The molecule has 166 valence electrons. The van der Waals surface area contributed by atoms with Crippen molar-refractivity contribution in [2.24, 2.45) is 0 Å². The maximum atomic E-state index is 12.5. The Morgan fingerprint density at radius 1 is 1.00 bits per heavy atom. The van der Waals surface area contributed by atoms with Gasteiger partial charge in [0.05, 0.1) is 13.2 Å². The van der Waals surface area contributed by atoms with Crippen molar-refractivity contribution in [2.45, 2.75) is 57.8 Å². The maximum absolute atomic E-state index is 12.5. The van der Waals surface area contributed by atoms with Gasteiger partial charge in [0.15, 0.2) is 0 Å². The summed E-state index contributed by atoms with van der Waals surface area (Å²) in [5.74, 6) is 0. The SMILES string of the molecule is CC(C)(C)OC(=O)N[C@@H]1C(=S)NC[C@@H](OCc2ccccc2)[C@@H]1OCc1ccccc1. The van der Waals surface area contributed by atoms with Crippen LogP contribution in [0.4, 0.5) is 4.79 Å². The quantitative estimate of drug-likeness (QED) is 0.632. The minimum atomic E-state index is -0.614. The van der Waals surface area contributed by atoms with E-state index in [2.05, 4.69) is 10.6 Å². The van der Waals surface area contributed by atoms with E-state index in [-0.39, 0.29) is 6.10 Å². The van der Waals surface area contributed by atoms with Crippen molar-refractivity contribution in [2.75, 3.05) is 6.54 Å². The lowest BCUT2D eigenvalue weighted by Gasteiger charge is -2.39. The van der Waals surface area contributed by atoms with E-state index in [1.165, 1.54) is 0 Å². The fourth-order valence-corrected chi connectivity index (χ4v) is 3.55. The molecule has 0 saturated carbocycles. The first-order valence-electron chi connectivity index (χ1n) is 10.4. The molecule has 2 aromatic rings. The zero-order valence-corrected chi connectivity index (χ0v) is 19.0. The third-order valence-electron chi connectivity index (χ3n) is 4.72. The number of amides is 1. The first-order valence-corrected chi connectivity index (χ1v) is 10.8. The number of carbonyl (C=O) groups is 1. The van der Waals surface area contributed by atoms with Crippen molar-refractivity contribution in [3.05, 3.63) is 71.8 Å². The molecule has 0 spiro atoms. The summed E-state index contributed by atoms with van der Waals surface area (Å²) in [7, 11) is 0. The number of benzene rings is 2. The van der Waals surface area contributed by atoms with Crippen LogP contribution in [0.3, 0.4) is 0 Å². The zero-order valence-electron chi connectivity index (χ0n) is 18.2. The molecule has 0 aromatic heterocycles. The predicted octanol–water partition coefficient (Wildman–Crippen LogP) is 3.98. The van der Waals surface area contributed by atoms with E-state index < -0.39 is 23.8 Å². The van der Waals surface area contributed by atoms with Crippen LogP contribution < -0.4 is 10.6 Å². The second kappa shape index (κ2) is 10.7. The molecule has 1 aliphatic rings. The Kier molecular flexibility index (Phi) is 8.01. The number of ether oxygens (including phenoxy) is 3. The van der Waals surface area contributed by atoms with Gasteiger partial charge in [0, 0.05) is 6.54 Å². The third-order valence-corrected chi connectivity index (χ3v) is 5.12. The summed E-state index contributed by atoms with van der Waals surface area (Å²) < 4.78 is 17.9. The van der Waals surface area contributed by atoms with E-state index in [1.807, 2.05) is 81.4 Å². The summed E-state index contributed by atoms with van der Waals surface area (Å²) >= 11 is 5.51. The molecule has 0 aliphatic carbocycles. The highest BCUT2D eigenvalue weighted by Crippen LogP contribution is 2.19. The van der Waals surface area contributed by atoms with Crippen LogP contribution >= 0.6 is 12.2 Å². The molecule has 0 radical (unpaired) electrons. The first-order chi connectivity index (χ1) is 14.8. The average Bonchev–Trinajstić information content (AvgIpc) is 2.73. The first kappa shape index (κ1) is 23.2. The number of thiocarbonyl (C=S) groups is 1. The number of carbonyl (C=O) groups excluding carboxylic acids is 1. The van der Waals surface area contributed by atoms with Gasteiger partial charge in [0.25, 0.3) is 0 Å². The minimum Gasteiger partial charge on any atom is -0.444 e. The molecule has 0 bridgehead atoms. The Hall–Kier alpha value is -2.48. The van der Waals surface area contributed by atoms with E-state index >= 15 is 0 Å². The molecule has 3 atom stereocenters. The smallest absolute Gasteiger partial charge is 0.408 e. The molecular weight excluding hydrogens is 412 g/mol. The van der Waals surface area contributed by atoms with Crippen LogP contribution in [0.1, 0.15) is 31.9 Å². The van der Waals surface area contributed by atoms with Crippen LogP contribution in [0.25, 0.3) is 0 Å². The standard InChI is InChI=1S/C24H30N2O4S/c1-24(2,3)30-23(27)26-20-21(29-16-18-12-8-5-9-13-18)19(14-25-22(20)31)28-15-17-10-6-4-7-11-17/h4-13,19-21H,14-16H2,1-3H3,(H,25,31)(H,26,27)/t19-,20+,21+/m1/s1. The molecule has 1 saturated heterocycles. The summed E-state index contributed by atoms with van der Waals surface area (Å²) in [5, 5.41) is 6.04. The summed E-state index contributed by atoms with van der Waals surface area (Å²) in [6, 6.07) is 19.3. The zero-order chi connectivity index (χ0) is 22.3. The van der Waals surface area contributed by atoms with Crippen molar-refractivity contribution < 1.29 is 19.0 Å². The predicted molar refractivity (Wildman–Crippen MR) is 124 cm³/mol. The Balaban J connectivity index is 1.73. The number of hydrogen-bond acceptors (Lipinski definition) is 5. The summed E-state index contributed by atoms with van der Waals surface area (Å²) in [6.07, 6.45) is -1.32. The molecule has 0 unspecified atom stereocenters. The summed E-state index contributed by atoms with van der Waals surface area (Å²) in [6.45, 7) is 6.77. The van der Waals surface area contributed by atoms with Gasteiger partial charge in [-0.25, -0.2) is 4.79 Å². The Morgan fingerprint density at radius 3 is 2.10 bits per heavy atom. The normalized spacial score (nSPS) is 21.3. The Labute approximate surface area is 189 Å². The fraction of sp³-hybridized carbons (Fsp3) is 0.417. The Morgan fingerprint density at radius 2 is 1.55 bits per heavy atom. The van der Waals surface area contributed by atoms with Crippen LogP contribution in [-0.2, 0) is 27.4 Å². The van der Waals surface area contributed by atoms with E-state index in [9.17, 15) is 4.79 Å². The number of hydrogen-bond donors (Lipinski definition) is 2. The van der Waals surface area contributed by atoms with E-state index in [0.29, 0.717) is 24.7 Å². The average molecular weight is 443 g/mol. The minimum absolute atomic E-state index is 0.310. The topological polar surface area (TPSA) is 68.8 Å². The molecule has 1 amide bonds. The van der Waals surface area contributed by atoms with Crippen molar-refractivity contribution in [1.29, 1.82) is 0 Å². The van der Waals surface area contributed by atoms with Gasteiger partial charge < -0.3 is 24.8 Å². The molecule has 3 rings (SSSR count). The van der Waals surface area contributed by atoms with E-state index in [1.54, 1.807) is 0 Å². The van der Waals surface area contributed by atoms with E-state index in [0.717, 1.165) is 11.1 Å². The van der Waals surface area contributed by atoms with Gasteiger partial charge in [-0.2, -0.15) is 0 Å². The van der Waals surface area contributed by atoms with Crippen molar-refractivity contribution in [3.8, 4) is 0 Å². The Bertz CT molecular complexity index is 855. The van der Waals surface area contributed by atoms with Crippen molar-refractivity contribution in [3.63, 3.8) is 0 Å². The number of piperidine rings is 1. The second-order valence-corrected chi connectivity index (χ2v) is 8.91. The molecule has 7 heteroatoms. The lowest BCUT2D eigenvalue weighted by Crippen LogP contribution is -2.64. The monoisotopic (exact) mass is 442 g/mol. The largest absolute Gasteiger partial charge is 0.444 e. The molecule has 2 aromatic carbocycles. The molecule has 1 heterocycles. The van der Waals surface area contributed by atoms with Gasteiger partial charge in [-0.05, 0) is 31.9 Å². The fourth-order valence-electron chi connectivity index (χ4n) is 3.27. The van der Waals surface area contributed by atoms with Gasteiger partial charge in [0.1, 0.15) is 28.8 Å². The lowest BCUT2D eigenvalue weighted by atomic mass is 10.00. The van der Waals surface area contributed by atoms with Crippen LogP contribution in [0, 0.1) is 0 Å². The number of nitrogens with one attached hydrogen (secondary N) is 2. The van der Waals surface area contributed by atoms with Crippen molar-refractivity contribution >= 4 is 23.3 Å². The lowest BCUT2D eigenvalue weighted by molar-refractivity contribution is -0.0943. The van der Waals surface area contributed by atoms with Gasteiger partial charge >= 0.3 is 6.09 Å². The van der Waals surface area contributed by atoms with Gasteiger partial charge in [-0.3, -0.25) is 0 Å². The molecule has 6 nitrogen and oxygen atoms in total. The van der Waals surface area contributed by atoms with Crippen LogP contribution in [-0.4, -0.2) is 41.5 Å². The maximum Gasteiger partial charge on any atom is 0.408 e. The van der Waals surface area contributed by atoms with E-state index in [4.69, 9.17) is 26.4 Å². The highest BCUT2D eigenvalue weighted by Gasteiger charge is 2.40. The highest BCUT2D eigenvalue weighted by molar-refractivity contribution is 7.80. The van der Waals surface area contributed by atoms with Crippen molar-refractivity contribution in [1.82, 2.24) is 10.6 Å². The van der Waals surface area contributed by atoms with Gasteiger partial charge in [-0.1, -0.05) is 72.9 Å². The summed E-state index contributed by atoms with van der Waals surface area (Å²) in [5.41, 5.74) is 1.48. The second-order valence-electron chi connectivity index (χ2n) is 8.47. The third kappa shape index (κ3) is 7.31. The number of rotatable bonds is 7. The molecule has 1 fully saturated rings. The van der Waals surface area contributed by atoms with Gasteiger partial charge in [0.2, 0.25) is 0 Å². The van der Waals surface area contributed by atoms with Crippen LogP contribution in [0.5, 0.6) is 0 Å².